The Balaban J connectivity index is 1.80. The fraction of sp³-hybridized carbons (Fsp3) is 0.240. The van der Waals surface area contributed by atoms with Gasteiger partial charge in [-0.15, -0.1) is 0 Å². The third-order valence-electron chi connectivity index (χ3n) is 6.22. The molecule has 0 bridgehead atoms. The maximum absolute atomic E-state index is 15.4. The van der Waals surface area contributed by atoms with Crippen LogP contribution < -0.4 is 5.01 Å². The highest BCUT2D eigenvalue weighted by atomic mass is 35.5. The van der Waals surface area contributed by atoms with Crippen molar-refractivity contribution in [1.82, 2.24) is 0 Å². The maximum Gasteiger partial charge on any atom is 0.431 e. The van der Waals surface area contributed by atoms with Crippen molar-refractivity contribution in [2.75, 3.05) is 11.3 Å². The lowest BCUT2D eigenvalue weighted by molar-refractivity contribution is -0.338. The first-order valence-corrected chi connectivity index (χ1v) is 13.3. The zero-order valence-corrected chi connectivity index (χ0v) is 21.3. The van der Waals surface area contributed by atoms with Gasteiger partial charge in [-0.3, -0.25) is 5.01 Å². The van der Waals surface area contributed by atoms with Gasteiger partial charge in [-0.25, -0.2) is 12.8 Å². The third-order valence-corrected chi connectivity index (χ3v) is 7.67. The van der Waals surface area contributed by atoms with Crippen molar-refractivity contribution < 1.29 is 44.3 Å². The van der Waals surface area contributed by atoms with Crippen molar-refractivity contribution in [3.8, 4) is 11.1 Å². The molecule has 14 heteroatoms. The first kappa shape index (κ1) is 28.8. The Kier molecular flexibility index (Phi) is 7.24. The number of sulfone groups is 1. The number of aliphatic hydroxyl groups is 1. The summed E-state index contributed by atoms with van der Waals surface area (Å²) < 4.78 is 120. The molecular formula is C25H18ClF7N2O3S. The van der Waals surface area contributed by atoms with Gasteiger partial charge in [-0.05, 0) is 41.5 Å². The van der Waals surface area contributed by atoms with Crippen LogP contribution in [0.4, 0.5) is 36.4 Å². The van der Waals surface area contributed by atoms with Crippen molar-refractivity contribution >= 4 is 32.8 Å². The number of rotatable bonds is 5. The fourth-order valence-electron chi connectivity index (χ4n) is 4.19. The monoisotopic (exact) mass is 594 g/mol. The molecule has 0 saturated heterocycles. The lowest BCUT2D eigenvalue weighted by Gasteiger charge is -2.32. The topological polar surface area (TPSA) is 70.0 Å². The molecule has 1 unspecified atom stereocenters. The van der Waals surface area contributed by atoms with Gasteiger partial charge in [0, 0.05) is 18.2 Å². The second-order valence-corrected chi connectivity index (χ2v) is 11.2. The van der Waals surface area contributed by atoms with Gasteiger partial charge in [-0.1, -0.05) is 48.0 Å². The van der Waals surface area contributed by atoms with E-state index in [9.17, 15) is 39.9 Å². The lowest BCUT2D eigenvalue weighted by Crippen LogP contribution is -2.62. The average Bonchev–Trinajstić information content (AvgIpc) is 3.27. The van der Waals surface area contributed by atoms with Gasteiger partial charge >= 0.3 is 12.4 Å². The first-order chi connectivity index (χ1) is 17.9. The van der Waals surface area contributed by atoms with E-state index in [4.69, 9.17) is 11.6 Å². The van der Waals surface area contributed by atoms with Crippen LogP contribution in [0.3, 0.4) is 0 Å². The molecule has 5 nitrogen and oxygen atoms in total. The number of para-hydroxylation sites is 1. The predicted molar refractivity (Wildman–Crippen MR) is 131 cm³/mol. The summed E-state index contributed by atoms with van der Waals surface area (Å²) in [5.74, 6) is -0.985. The van der Waals surface area contributed by atoms with Gasteiger partial charge in [0.1, 0.15) is 5.82 Å². The molecule has 0 radical (unpaired) electrons. The largest absolute Gasteiger partial charge is 0.431 e. The normalized spacial score (nSPS) is 16.9. The number of benzene rings is 3. The number of nitrogens with zero attached hydrogens (tertiary/aromatic N) is 2. The minimum absolute atomic E-state index is 0.0242. The van der Waals surface area contributed by atoms with E-state index in [1.807, 2.05) is 0 Å². The summed E-state index contributed by atoms with van der Waals surface area (Å²) in [7, 11) is -3.49. The highest BCUT2D eigenvalue weighted by Crippen LogP contribution is 2.49. The maximum atomic E-state index is 15.4. The van der Waals surface area contributed by atoms with E-state index in [-0.39, 0.29) is 26.7 Å². The number of hydrogen-bond donors (Lipinski definition) is 1. The van der Waals surface area contributed by atoms with Gasteiger partial charge in [0.25, 0.3) is 5.60 Å². The van der Waals surface area contributed by atoms with Crippen LogP contribution >= 0.6 is 11.6 Å². The molecule has 0 spiro atoms. The third kappa shape index (κ3) is 5.22. The molecule has 0 aromatic heterocycles. The van der Waals surface area contributed by atoms with Crippen LogP contribution in [0, 0.1) is 5.82 Å². The molecule has 3 aromatic rings. The Hall–Kier alpha value is -3.16. The quantitative estimate of drug-likeness (QED) is 0.333. The predicted octanol–water partition coefficient (Wildman–Crippen LogP) is 6.71. The molecule has 1 atom stereocenters. The Morgan fingerprint density at radius 2 is 1.49 bits per heavy atom. The first-order valence-electron chi connectivity index (χ1n) is 11.0. The van der Waals surface area contributed by atoms with E-state index in [0.29, 0.717) is 5.56 Å². The van der Waals surface area contributed by atoms with Crippen molar-refractivity contribution in [3.63, 3.8) is 0 Å². The number of anilines is 1. The van der Waals surface area contributed by atoms with E-state index < -0.39 is 51.8 Å². The van der Waals surface area contributed by atoms with Gasteiger partial charge in [-0.2, -0.15) is 31.4 Å². The minimum Gasteiger partial charge on any atom is -0.369 e. The summed E-state index contributed by atoms with van der Waals surface area (Å²) in [6.07, 6.45) is -12.5. The van der Waals surface area contributed by atoms with Crippen molar-refractivity contribution in [2.24, 2.45) is 5.10 Å². The molecule has 0 aliphatic carbocycles. The van der Waals surface area contributed by atoms with Crippen LogP contribution in [0.15, 0.2) is 76.7 Å². The molecule has 1 N–H and O–H groups in total. The Morgan fingerprint density at radius 3 is 2.00 bits per heavy atom. The van der Waals surface area contributed by atoms with Gasteiger partial charge < -0.3 is 5.11 Å². The van der Waals surface area contributed by atoms with Crippen molar-refractivity contribution in [2.45, 2.75) is 35.3 Å². The van der Waals surface area contributed by atoms with Crippen LogP contribution in [-0.4, -0.2) is 43.4 Å². The summed E-state index contributed by atoms with van der Waals surface area (Å²) >= 11 is 6.13. The summed E-state index contributed by atoms with van der Waals surface area (Å²) in [5.41, 5.74) is -6.70. The number of halogens is 8. The van der Waals surface area contributed by atoms with Gasteiger partial charge in [0.2, 0.25) is 0 Å². The zero-order valence-electron chi connectivity index (χ0n) is 19.7. The Morgan fingerprint density at radius 1 is 0.923 bits per heavy atom. The molecule has 0 amide bonds. The van der Waals surface area contributed by atoms with Crippen LogP contribution in [0.5, 0.6) is 0 Å². The minimum atomic E-state index is -6.17. The van der Waals surface area contributed by atoms with Crippen LogP contribution in [0.1, 0.15) is 18.0 Å². The Bertz CT molecular complexity index is 1520. The fourth-order valence-corrected chi connectivity index (χ4v) is 5.04. The second kappa shape index (κ2) is 9.79. The van der Waals surface area contributed by atoms with E-state index >= 15 is 4.39 Å². The Labute approximate surface area is 223 Å². The molecule has 1 heterocycles. The van der Waals surface area contributed by atoms with Gasteiger partial charge in [0.05, 0.1) is 27.4 Å². The second-order valence-electron chi connectivity index (χ2n) is 8.80. The molecule has 1 aliphatic heterocycles. The number of hydrazone groups is 1. The molecular weight excluding hydrogens is 577 g/mol. The SMILES string of the molecule is CS(=O)(=O)c1ccc(-c2ccc(C3CC(C(O)(C(F)(F)F)C(F)(F)F)=NN3c3ccccc3Cl)c(F)c2)cc1. The zero-order chi connectivity index (χ0) is 29.0. The van der Waals surface area contributed by atoms with Gasteiger partial charge in [0.15, 0.2) is 9.84 Å². The highest BCUT2D eigenvalue weighted by molar-refractivity contribution is 7.90. The molecule has 208 valence electrons. The molecule has 1 aliphatic rings. The van der Waals surface area contributed by atoms with Crippen molar-refractivity contribution in [3.05, 3.63) is 83.1 Å². The summed E-state index contributed by atoms with van der Waals surface area (Å²) in [6.45, 7) is 0. The van der Waals surface area contributed by atoms with Crippen LogP contribution in [0.25, 0.3) is 11.1 Å². The number of hydrogen-bond acceptors (Lipinski definition) is 5. The standard InChI is InChI=1S/C25H18ClF7N2O3S/c1-39(37,38)16-9-6-14(7-10-16)15-8-11-17(19(27)12-15)21-13-22(23(36,24(28,29)30)25(31,32)33)34-35(21)20-5-3-2-4-18(20)26/h2-12,21,36H,13H2,1H3. The van der Waals surface area contributed by atoms with E-state index in [1.165, 1.54) is 60.7 Å². The average molecular weight is 595 g/mol. The lowest BCUT2D eigenvalue weighted by atomic mass is 9.89. The molecule has 39 heavy (non-hydrogen) atoms. The smallest absolute Gasteiger partial charge is 0.369 e. The van der Waals surface area contributed by atoms with Crippen molar-refractivity contribution in [1.29, 1.82) is 0 Å². The van der Waals surface area contributed by atoms with E-state index in [0.717, 1.165) is 17.3 Å². The molecule has 0 saturated carbocycles. The van der Waals surface area contributed by atoms with Crippen LogP contribution in [-0.2, 0) is 9.84 Å². The highest BCUT2D eigenvalue weighted by Gasteiger charge is 2.74. The summed E-state index contributed by atoms with van der Waals surface area (Å²) in [5, 5.41) is 14.1. The molecule has 0 fully saturated rings. The van der Waals surface area contributed by atoms with E-state index in [1.54, 1.807) is 0 Å². The summed E-state index contributed by atoms with van der Waals surface area (Å²) in [4.78, 5) is 0.0242. The molecule has 4 rings (SSSR count). The van der Waals surface area contributed by atoms with E-state index in [2.05, 4.69) is 5.10 Å². The van der Waals surface area contributed by atoms with Crippen LogP contribution in [0.2, 0.25) is 5.02 Å². The molecule has 3 aromatic carbocycles. The number of alkyl halides is 6. The summed E-state index contributed by atoms with van der Waals surface area (Å²) in [6, 6.07) is 12.9.